The third kappa shape index (κ3) is 1.84. The van der Waals surface area contributed by atoms with Gasteiger partial charge in [0.2, 0.25) is 11.8 Å². The van der Waals surface area contributed by atoms with Crippen LogP contribution in [0.25, 0.3) is 0 Å². The molecule has 146 valence electrons. The van der Waals surface area contributed by atoms with E-state index in [9.17, 15) is 9.59 Å². The fourth-order valence-electron chi connectivity index (χ4n) is 7.37. The van der Waals surface area contributed by atoms with Crippen molar-refractivity contribution in [2.24, 2.45) is 47.3 Å². The van der Waals surface area contributed by atoms with Crippen LogP contribution < -0.4 is 14.4 Å². The summed E-state index contributed by atoms with van der Waals surface area (Å²) in [5.74, 6) is 3.41. The molecule has 1 saturated heterocycles. The van der Waals surface area contributed by atoms with Crippen LogP contribution in [0.3, 0.4) is 0 Å². The molecule has 1 aliphatic heterocycles. The van der Waals surface area contributed by atoms with Crippen LogP contribution in [0, 0.1) is 47.3 Å². The van der Waals surface area contributed by atoms with Crippen molar-refractivity contribution in [2.75, 3.05) is 19.1 Å². The number of anilines is 1. The minimum Gasteiger partial charge on any atom is -0.495 e. The lowest BCUT2D eigenvalue weighted by atomic mass is 9.65. The van der Waals surface area contributed by atoms with Gasteiger partial charge in [0, 0.05) is 6.07 Å². The number of amides is 2. The maximum Gasteiger partial charge on any atom is 0.238 e. The number of hydrogen-bond donors (Lipinski definition) is 0. The van der Waals surface area contributed by atoms with Gasteiger partial charge in [-0.15, -0.1) is 0 Å². The number of benzene rings is 1. The zero-order chi connectivity index (χ0) is 19.3. The van der Waals surface area contributed by atoms with E-state index in [1.807, 2.05) is 0 Å². The summed E-state index contributed by atoms with van der Waals surface area (Å²) in [6.45, 7) is 0. The first-order valence-corrected chi connectivity index (χ1v) is 10.4. The summed E-state index contributed by atoms with van der Waals surface area (Å²) in [6.07, 6.45) is 6.96. The number of allylic oxidation sites excluding steroid dienone is 2. The molecule has 4 bridgehead atoms. The average molecular weight is 400 g/mol. The third-order valence-corrected chi connectivity index (χ3v) is 8.43. The number of halogens is 1. The van der Waals surface area contributed by atoms with Crippen molar-refractivity contribution in [2.45, 2.75) is 12.8 Å². The van der Waals surface area contributed by atoms with Crippen molar-refractivity contribution in [3.05, 3.63) is 29.3 Å². The molecule has 1 aromatic rings. The number of nitrogens with zero attached hydrogens (tertiary/aromatic N) is 1. The SMILES string of the molecule is COc1cc(OC)c(N2C(=O)C3C4CC(C3C2=O)C2C3C=CC(C3)C42)cc1Cl. The Morgan fingerprint density at radius 2 is 1.46 bits per heavy atom. The lowest BCUT2D eigenvalue weighted by Gasteiger charge is -2.36. The van der Waals surface area contributed by atoms with Crippen LogP contribution in [0.5, 0.6) is 11.5 Å². The second-order valence-corrected chi connectivity index (χ2v) is 9.30. The normalized spacial score (nSPS) is 41.8. The quantitative estimate of drug-likeness (QED) is 0.443. The highest BCUT2D eigenvalue weighted by Gasteiger charge is 2.71. The molecule has 0 aromatic heterocycles. The van der Waals surface area contributed by atoms with Gasteiger partial charge < -0.3 is 9.47 Å². The van der Waals surface area contributed by atoms with Gasteiger partial charge in [-0.2, -0.15) is 0 Å². The average Bonchev–Trinajstić information content (AvgIpc) is 3.47. The molecule has 3 saturated carbocycles. The summed E-state index contributed by atoms with van der Waals surface area (Å²) in [7, 11) is 3.05. The zero-order valence-electron chi connectivity index (χ0n) is 15.8. The van der Waals surface area contributed by atoms with E-state index < -0.39 is 0 Å². The summed E-state index contributed by atoms with van der Waals surface area (Å²) in [5, 5.41) is 0.359. The molecule has 6 rings (SSSR count). The zero-order valence-corrected chi connectivity index (χ0v) is 16.6. The number of methoxy groups -OCH3 is 2. The first-order chi connectivity index (χ1) is 13.5. The smallest absolute Gasteiger partial charge is 0.238 e. The van der Waals surface area contributed by atoms with Gasteiger partial charge in [0.15, 0.2) is 0 Å². The van der Waals surface area contributed by atoms with E-state index in [0.717, 1.165) is 6.42 Å². The summed E-state index contributed by atoms with van der Waals surface area (Å²) in [4.78, 5) is 28.3. The second kappa shape index (κ2) is 5.53. The van der Waals surface area contributed by atoms with E-state index in [2.05, 4.69) is 12.2 Å². The molecular formula is C22H22ClNO4. The highest BCUT2D eigenvalue weighted by Crippen LogP contribution is 2.70. The summed E-state index contributed by atoms with van der Waals surface area (Å²) in [6, 6.07) is 3.25. The van der Waals surface area contributed by atoms with Crippen molar-refractivity contribution in [1.82, 2.24) is 0 Å². The molecule has 4 aliphatic carbocycles. The number of carbonyl (C=O) groups is 2. The Hall–Kier alpha value is -2.01. The number of imide groups is 1. The van der Waals surface area contributed by atoms with Gasteiger partial charge in [-0.05, 0) is 54.4 Å². The summed E-state index contributed by atoms with van der Waals surface area (Å²) < 4.78 is 10.7. The lowest BCUT2D eigenvalue weighted by molar-refractivity contribution is -0.123. The van der Waals surface area contributed by atoms with Crippen LogP contribution in [-0.2, 0) is 9.59 Å². The molecule has 1 aromatic carbocycles. The molecule has 0 radical (unpaired) electrons. The van der Waals surface area contributed by atoms with Gasteiger partial charge in [0.05, 0.1) is 36.8 Å². The Morgan fingerprint density at radius 1 is 0.893 bits per heavy atom. The molecule has 2 amide bonds. The Kier molecular flexibility index (Phi) is 3.34. The Labute approximate surface area is 168 Å². The minimum atomic E-state index is -0.183. The molecule has 28 heavy (non-hydrogen) atoms. The van der Waals surface area contributed by atoms with Crippen molar-refractivity contribution in [1.29, 1.82) is 0 Å². The maximum atomic E-state index is 13.5. The lowest BCUT2D eigenvalue weighted by Crippen LogP contribution is -2.38. The largest absolute Gasteiger partial charge is 0.495 e. The van der Waals surface area contributed by atoms with Crippen LogP contribution in [0.2, 0.25) is 5.02 Å². The van der Waals surface area contributed by atoms with Gasteiger partial charge in [-0.25, -0.2) is 4.90 Å². The van der Waals surface area contributed by atoms with Crippen LogP contribution in [0.15, 0.2) is 24.3 Å². The molecule has 8 atom stereocenters. The highest BCUT2D eigenvalue weighted by atomic mass is 35.5. The fraction of sp³-hybridized carbons (Fsp3) is 0.545. The molecule has 5 nitrogen and oxygen atoms in total. The standard InChI is InChI=1S/C22H22ClNO4/c1-27-15-8-16(28-2)14(7-13(15)23)24-21(25)19-11-6-12(20(19)22(24)26)18-10-4-3-9(5-10)17(11)18/h3-4,7-12,17-20H,5-6H2,1-2H3. The highest BCUT2D eigenvalue weighted by molar-refractivity contribution is 6.33. The predicted molar refractivity (Wildman–Crippen MR) is 103 cm³/mol. The minimum absolute atomic E-state index is 0.0766. The second-order valence-electron chi connectivity index (χ2n) is 8.89. The molecule has 5 aliphatic rings. The van der Waals surface area contributed by atoms with Crippen LogP contribution in [0.4, 0.5) is 5.69 Å². The third-order valence-electron chi connectivity index (χ3n) is 8.13. The number of rotatable bonds is 3. The van der Waals surface area contributed by atoms with Gasteiger partial charge in [-0.1, -0.05) is 23.8 Å². The van der Waals surface area contributed by atoms with Crippen LogP contribution in [0.1, 0.15) is 12.8 Å². The van der Waals surface area contributed by atoms with Crippen molar-refractivity contribution >= 4 is 29.1 Å². The number of carbonyl (C=O) groups excluding carboxylic acids is 2. The number of fused-ring (bicyclic) bond motifs is 12. The topological polar surface area (TPSA) is 55.8 Å². The Balaban J connectivity index is 1.41. The van der Waals surface area contributed by atoms with Crippen LogP contribution in [-0.4, -0.2) is 26.0 Å². The Morgan fingerprint density at radius 3 is 2.00 bits per heavy atom. The van der Waals surface area contributed by atoms with E-state index in [1.165, 1.54) is 25.5 Å². The fourth-order valence-corrected chi connectivity index (χ4v) is 7.61. The van der Waals surface area contributed by atoms with Crippen molar-refractivity contribution in [3.8, 4) is 11.5 Å². The van der Waals surface area contributed by atoms with Crippen molar-refractivity contribution < 1.29 is 19.1 Å². The molecule has 8 unspecified atom stereocenters. The van der Waals surface area contributed by atoms with E-state index in [-0.39, 0.29) is 23.7 Å². The number of hydrogen-bond acceptors (Lipinski definition) is 4. The molecule has 4 fully saturated rings. The maximum absolute atomic E-state index is 13.5. The van der Waals surface area contributed by atoms with Crippen LogP contribution >= 0.6 is 11.6 Å². The van der Waals surface area contributed by atoms with E-state index >= 15 is 0 Å². The first-order valence-electron chi connectivity index (χ1n) is 10.0. The predicted octanol–water partition coefficient (Wildman–Crippen LogP) is 3.55. The van der Waals surface area contributed by atoms with E-state index in [1.54, 1.807) is 12.1 Å². The van der Waals surface area contributed by atoms with E-state index in [4.69, 9.17) is 21.1 Å². The Bertz CT molecular complexity index is 901. The molecule has 6 heteroatoms. The number of ether oxygens (including phenoxy) is 2. The molecular weight excluding hydrogens is 378 g/mol. The summed E-state index contributed by atoms with van der Waals surface area (Å²) in [5.41, 5.74) is 0.434. The van der Waals surface area contributed by atoms with Gasteiger partial charge >= 0.3 is 0 Å². The molecule has 0 spiro atoms. The van der Waals surface area contributed by atoms with Gasteiger partial charge in [0.1, 0.15) is 11.5 Å². The first kappa shape index (κ1) is 16.9. The van der Waals surface area contributed by atoms with Gasteiger partial charge in [-0.3, -0.25) is 9.59 Å². The van der Waals surface area contributed by atoms with E-state index in [0.29, 0.717) is 57.7 Å². The van der Waals surface area contributed by atoms with Gasteiger partial charge in [0.25, 0.3) is 0 Å². The molecule has 1 heterocycles. The van der Waals surface area contributed by atoms with Crippen molar-refractivity contribution in [3.63, 3.8) is 0 Å². The summed E-state index contributed by atoms with van der Waals surface area (Å²) >= 11 is 6.31. The monoisotopic (exact) mass is 399 g/mol. The molecule has 0 N–H and O–H groups in total.